The van der Waals surface area contributed by atoms with Crippen molar-refractivity contribution < 1.29 is 24.2 Å². The summed E-state index contributed by atoms with van der Waals surface area (Å²) in [5.74, 6) is -2.42. The van der Waals surface area contributed by atoms with Gasteiger partial charge < -0.3 is 10.3 Å². The fourth-order valence-corrected chi connectivity index (χ4v) is 3.89. The molecule has 4 aromatic rings. The molecule has 166 valence electrons. The van der Waals surface area contributed by atoms with Crippen molar-refractivity contribution in [2.24, 2.45) is 5.73 Å². The standard InChI is InChI=1S/C26H22N2O5/c1-16-23(25(30)26(27)31)24-21(9-6-10-22(24)33-32-17(2)29)28(16)15-18-11-13-20(14-12-18)19-7-4-3-5-8-19/h3-14H,15H2,1-2H3,(H2,27,31). The van der Waals surface area contributed by atoms with Crippen molar-refractivity contribution in [1.29, 1.82) is 0 Å². The Morgan fingerprint density at radius 2 is 1.55 bits per heavy atom. The highest BCUT2D eigenvalue weighted by Gasteiger charge is 2.26. The molecule has 0 atom stereocenters. The fourth-order valence-electron chi connectivity index (χ4n) is 3.89. The summed E-state index contributed by atoms with van der Waals surface area (Å²) in [5, 5.41) is 0.362. The van der Waals surface area contributed by atoms with E-state index in [9.17, 15) is 14.4 Å². The predicted molar refractivity (Wildman–Crippen MR) is 124 cm³/mol. The van der Waals surface area contributed by atoms with Crippen molar-refractivity contribution in [3.05, 3.63) is 89.6 Å². The molecule has 4 rings (SSSR count). The van der Waals surface area contributed by atoms with E-state index in [2.05, 4.69) is 4.89 Å². The van der Waals surface area contributed by atoms with Crippen LogP contribution in [0.4, 0.5) is 0 Å². The first-order valence-corrected chi connectivity index (χ1v) is 10.3. The van der Waals surface area contributed by atoms with Crippen molar-refractivity contribution in [3.8, 4) is 16.9 Å². The maximum atomic E-state index is 12.7. The van der Waals surface area contributed by atoms with Gasteiger partial charge in [-0.1, -0.05) is 60.7 Å². The first kappa shape index (κ1) is 21.8. The number of aromatic nitrogens is 1. The molecule has 0 bridgehead atoms. The summed E-state index contributed by atoms with van der Waals surface area (Å²) in [6.07, 6.45) is 0. The summed E-state index contributed by atoms with van der Waals surface area (Å²) in [4.78, 5) is 45.5. The molecule has 0 radical (unpaired) electrons. The van der Waals surface area contributed by atoms with Crippen molar-refractivity contribution >= 4 is 28.6 Å². The topological polar surface area (TPSA) is 101 Å². The van der Waals surface area contributed by atoms with Gasteiger partial charge in [-0.3, -0.25) is 19.4 Å². The number of rotatable bonds is 7. The number of amides is 1. The number of primary amides is 1. The van der Waals surface area contributed by atoms with Crippen LogP contribution in [0.15, 0.2) is 72.8 Å². The number of benzene rings is 3. The van der Waals surface area contributed by atoms with Crippen molar-refractivity contribution in [2.45, 2.75) is 20.4 Å². The van der Waals surface area contributed by atoms with Gasteiger partial charge in [-0.05, 0) is 35.7 Å². The zero-order chi connectivity index (χ0) is 23.5. The van der Waals surface area contributed by atoms with E-state index in [-0.39, 0.29) is 11.3 Å². The number of hydrogen-bond donors (Lipinski definition) is 1. The zero-order valence-corrected chi connectivity index (χ0v) is 18.2. The number of ketones is 1. The molecular formula is C26H22N2O5. The lowest BCUT2D eigenvalue weighted by Crippen LogP contribution is -2.24. The third-order valence-corrected chi connectivity index (χ3v) is 5.41. The molecule has 0 aliphatic carbocycles. The number of nitrogens with zero attached hydrogens (tertiary/aromatic N) is 1. The number of Topliss-reactive ketones (excluding diaryl/α,β-unsaturated/α-hetero) is 1. The first-order valence-electron chi connectivity index (χ1n) is 10.3. The summed E-state index contributed by atoms with van der Waals surface area (Å²) < 4.78 is 1.91. The molecule has 1 amide bonds. The number of nitrogens with two attached hydrogens (primary N) is 1. The highest BCUT2D eigenvalue weighted by atomic mass is 17.2. The Bertz CT molecular complexity index is 1360. The molecule has 2 N–H and O–H groups in total. The summed E-state index contributed by atoms with van der Waals surface area (Å²) in [5.41, 5.74) is 9.85. The average Bonchev–Trinajstić information content (AvgIpc) is 3.10. The van der Waals surface area contributed by atoms with Crippen molar-refractivity contribution in [2.75, 3.05) is 0 Å². The van der Waals surface area contributed by atoms with Gasteiger partial charge >= 0.3 is 5.97 Å². The van der Waals surface area contributed by atoms with Crippen LogP contribution in [-0.4, -0.2) is 22.2 Å². The molecule has 1 aromatic heterocycles. The Morgan fingerprint density at radius 1 is 0.879 bits per heavy atom. The fraction of sp³-hybridized carbons (Fsp3) is 0.115. The van der Waals surface area contributed by atoms with Crippen LogP contribution in [0.25, 0.3) is 22.0 Å². The van der Waals surface area contributed by atoms with E-state index in [4.69, 9.17) is 10.6 Å². The largest absolute Gasteiger partial charge is 0.363 e. The van der Waals surface area contributed by atoms with Crippen LogP contribution in [0, 0.1) is 6.92 Å². The average molecular weight is 442 g/mol. The zero-order valence-electron chi connectivity index (χ0n) is 18.2. The summed E-state index contributed by atoms with van der Waals surface area (Å²) in [7, 11) is 0. The van der Waals surface area contributed by atoms with Crippen LogP contribution in [-0.2, 0) is 21.0 Å². The van der Waals surface area contributed by atoms with Gasteiger partial charge in [0.1, 0.15) is 0 Å². The van der Waals surface area contributed by atoms with E-state index in [0.717, 1.165) is 16.7 Å². The smallest absolute Gasteiger partial charge is 0.352 e. The first-order chi connectivity index (χ1) is 15.9. The summed E-state index contributed by atoms with van der Waals surface area (Å²) in [6, 6.07) is 23.2. The van der Waals surface area contributed by atoms with Gasteiger partial charge in [-0.15, -0.1) is 0 Å². The van der Waals surface area contributed by atoms with Crippen LogP contribution >= 0.6 is 0 Å². The Balaban J connectivity index is 1.78. The highest BCUT2D eigenvalue weighted by Crippen LogP contribution is 2.35. The molecule has 0 spiro atoms. The molecule has 0 unspecified atom stereocenters. The van der Waals surface area contributed by atoms with E-state index >= 15 is 0 Å². The van der Waals surface area contributed by atoms with Gasteiger partial charge in [0.25, 0.3) is 11.7 Å². The maximum absolute atomic E-state index is 12.7. The van der Waals surface area contributed by atoms with Gasteiger partial charge in [-0.2, -0.15) is 0 Å². The molecule has 0 saturated carbocycles. The number of carbonyl (C=O) groups is 3. The maximum Gasteiger partial charge on any atom is 0.352 e. The molecule has 1 heterocycles. The van der Waals surface area contributed by atoms with Crippen LogP contribution in [0.5, 0.6) is 5.75 Å². The molecule has 3 aromatic carbocycles. The van der Waals surface area contributed by atoms with Gasteiger partial charge in [0.05, 0.1) is 16.5 Å². The molecule has 0 aliphatic heterocycles. The lowest BCUT2D eigenvalue weighted by Gasteiger charge is -2.10. The second-order valence-corrected chi connectivity index (χ2v) is 7.61. The molecule has 0 fully saturated rings. The van der Waals surface area contributed by atoms with Gasteiger partial charge in [0.15, 0.2) is 5.75 Å². The Labute approximate surface area is 190 Å². The lowest BCUT2D eigenvalue weighted by atomic mass is 10.0. The minimum Gasteiger partial charge on any atom is -0.363 e. The monoisotopic (exact) mass is 442 g/mol. The Morgan fingerprint density at radius 3 is 2.18 bits per heavy atom. The number of fused-ring (bicyclic) bond motifs is 1. The number of hydrogen-bond acceptors (Lipinski definition) is 5. The number of carbonyl (C=O) groups excluding carboxylic acids is 3. The van der Waals surface area contributed by atoms with Gasteiger partial charge in [0, 0.05) is 19.2 Å². The normalized spacial score (nSPS) is 10.7. The summed E-state index contributed by atoms with van der Waals surface area (Å²) in [6.45, 7) is 3.38. The molecule has 0 saturated heterocycles. The third kappa shape index (κ3) is 4.34. The third-order valence-electron chi connectivity index (χ3n) is 5.41. The predicted octanol–water partition coefficient (Wildman–Crippen LogP) is 4.19. The Hall–Kier alpha value is -4.39. The van der Waals surface area contributed by atoms with Crippen LogP contribution in [0.1, 0.15) is 28.5 Å². The minimum atomic E-state index is -1.08. The van der Waals surface area contributed by atoms with E-state index in [0.29, 0.717) is 23.1 Å². The molecule has 7 heteroatoms. The second-order valence-electron chi connectivity index (χ2n) is 7.61. The van der Waals surface area contributed by atoms with Crippen molar-refractivity contribution in [3.63, 3.8) is 0 Å². The summed E-state index contributed by atoms with van der Waals surface area (Å²) >= 11 is 0. The van der Waals surface area contributed by atoms with E-state index < -0.39 is 17.7 Å². The SMILES string of the molecule is CC(=O)OOc1cccc2c1c(C(=O)C(N)=O)c(C)n2Cc1ccc(-c2ccccc2)cc1. The van der Waals surface area contributed by atoms with E-state index in [1.165, 1.54) is 6.92 Å². The second kappa shape index (κ2) is 9.00. The highest BCUT2D eigenvalue weighted by molar-refractivity contribution is 6.45. The van der Waals surface area contributed by atoms with Crippen LogP contribution in [0.2, 0.25) is 0 Å². The van der Waals surface area contributed by atoms with Crippen molar-refractivity contribution in [1.82, 2.24) is 4.57 Å². The Kier molecular flexibility index (Phi) is 5.95. The van der Waals surface area contributed by atoms with Crippen LogP contribution < -0.4 is 10.6 Å². The molecule has 33 heavy (non-hydrogen) atoms. The lowest BCUT2D eigenvalue weighted by molar-refractivity contribution is -0.210. The molecule has 7 nitrogen and oxygen atoms in total. The van der Waals surface area contributed by atoms with E-state index in [1.54, 1.807) is 25.1 Å². The van der Waals surface area contributed by atoms with Gasteiger partial charge in [0.2, 0.25) is 0 Å². The minimum absolute atomic E-state index is 0.126. The van der Waals surface area contributed by atoms with E-state index in [1.807, 2.05) is 59.2 Å². The van der Waals surface area contributed by atoms with Gasteiger partial charge in [-0.25, -0.2) is 4.79 Å². The van der Waals surface area contributed by atoms with Crippen LogP contribution in [0.3, 0.4) is 0 Å². The molecular weight excluding hydrogens is 420 g/mol. The molecule has 0 aliphatic rings. The quantitative estimate of drug-likeness (QED) is 0.200.